The Morgan fingerprint density at radius 3 is 2.62 bits per heavy atom. The van der Waals surface area contributed by atoms with Gasteiger partial charge in [-0.1, -0.05) is 25.1 Å². The summed E-state index contributed by atoms with van der Waals surface area (Å²) in [6.07, 6.45) is 4.10. The third-order valence-corrected chi connectivity index (χ3v) is 8.67. The van der Waals surface area contributed by atoms with Crippen LogP contribution in [-0.2, 0) is 14.6 Å². The summed E-state index contributed by atoms with van der Waals surface area (Å²) in [5.74, 6) is -1.94. The van der Waals surface area contributed by atoms with Gasteiger partial charge in [-0.05, 0) is 38.6 Å². The standard InChI is InChI=1S/C29H33F2N7O3S/c1-5-23(38-13-12-37(3)16-17(38)2)28(39)34-22-10-6-8-18-19(14-32-27(18)22)26-20(30)15-33-29(36-26)35-21-9-7-11-24(25(21)31)42(4,40)41/h6-11,14-15,17,23,32H,5,12-13,16H2,1-4H3,(H,34,39)(H,33,35,36)/t17-,23+/m0/s1. The minimum Gasteiger partial charge on any atom is -0.359 e. The third-order valence-electron chi connectivity index (χ3n) is 7.55. The van der Waals surface area contributed by atoms with E-state index in [9.17, 15) is 17.6 Å². The van der Waals surface area contributed by atoms with Crippen LogP contribution in [0, 0.1) is 11.6 Å². The number of carbonyl (C=O) groups is 1. The summed E-state index contributed by atoms with van der Waals surface area (Å²) in [5.41, 5.74) is 1.34. The fourth-order valence-electron chi connectivity index (χ4n) is 5.49. The molecule has 3 N–H and O–H groups in total. The van der Waals surface area contributed by atoms with E-state index in [0.29, 0.717) is 28.6 Å². The minimum atomic E-state index is -3.81. The van der Waals surface area contributed by atoms with Crippen molar-refractivity contribution in [3.05, 3.63) is 60.4 Å². The number of amides is 1. The van der Waals surface area contributed by atoms with E-state index in [-0.39, 0.29) is 35.3 Å². The van der Waals surface area contributed by atoms with Crippen LogP contribution in [0.2, 0.25) is 0 Å². The lowest BCUT2D eigenvalue weighted by molar-refractivity contribution is -0.123. The second-order valence-electron chi connectivity index (χ2n) is 10.6. The van der Waals surface area contributed by atoms with E-state index < -0.39 is 26.4 Å². The van der Waals surface area contributed by atoms with Gasteiger partial charge in [-0.2, -0.15) is 0 Å². The van der Waals surface area contributed by atoms with Crippen LogP contribution in [0.1, 0.15) is 20.3 Å². The highest BCUT2D eigenvalue weighted by atomic mass is 32.2. The molecular formula is C29H33F2N7O3S. The molecule has 4 aromatic rings. The van der Waals surface area contributed by atoms with E-state index in [4.69, 9.17) is 0 Å². The number of hydrogen-bond acceptors (Lipinski definition) is 8. The molecule has 0 aliphatic carbocycles. The Balaban J connectivity index is 1.43. The number of fused-ring (bicyclic) bond motifs is 1. The number of nitrogens with one attached hydrogen (secondary N) is 3. The number of H-pyrrole nitrogens is 1. The van der Waals surface area contributed by atoms with Crippen molar-refractivity contribution in [2.24, 2.45) is 0 Å². The van der Waals surface area contributed by atoms with Crippen LogP contribution in [0.3, 0.4) is 0 Å². The minimum absolute atomic E-state index is 0.0559. The van der Waals surface area contributed by atoms with Gasteiger partial charge < -0.3 is 20.5 Å². The zero-order chi connectivity index (χ0) is 30.2. The van der Waals surface area contributed by atoms with Gasteiger partial charge in [0.25, 0.3) is 0 Å². The highest BCUT2D eigenvalue weighted by Gasteiger charge is 2.32. The van der Waals surface area contributed by atoms with Gasteiger partial charge in [-0.15, -0.1) is 0 Å². The van der Waals surface area contributed by atoms with Crippen molar-refractivity contribution in [1.29, 1.82) is 0 Å². The summed E-state index contributed by atoms with van der Waals surface area (Å²) >= 11 is 0. The smallest absolute Gasteiger partial charge is 0.241 e. The molecule has 1 aliphatic heterocycles. The Kier molecular flexibility index (Phi) is 8.26. The predicted octanol–water partition coefficient (Wildman–Crippen LogP) is 4.40. The number of hydrogen-bond donors (Lipinski definition) is 3. The summed E-state index contributed by atoms with van der Waals surface area (Å²) in [4.78, 5) is 28.8. The molecule has 2 aromatic carbocycles. The Bertz CT molecular complexity index is 1740. The van der Waals surface area contributed by atoms with E-state index in [1.807, 2.05) is 6.92 Å². The zero-order valence-electron chi connectivity index (χ0n) is 23.8. The van der Waals surface area contributed by atoms with Crippen LogP contribution in [0.4, 0.5) is 26.1 Å². The van der Waals surface area contributed by atoms with Crippen LogP contribution in [0.25, 0.3) is 22.2 Å². The second kappa shape index (κ2) is 11.7. The number of anilines is 3. The molecule has 3 heterocycles. The SMILES string of the molecule is CC[C@H](C(=O)Nc1cccc2c(-c3nc(Nc4cccc(S(C)(=O)=O)c4F)ncc3F)c[nH]c12)N1CCN(C)C[C@@H]1C. The van der Waals surface area contributed by atoms with Gasteiger partial charge >= 0.3 is 0 Å². The quantitative estimate of drug-likeness (QED) is 0.273. The normalized spacial score (nSPS) is 17.3. The molecule has 2 atom stereocenters. The first-order valence-corrected chi connectivity index (χ1v) is 15.5. The summed E-state index contributed by atoms with van der Waals surface area (Å²) in [7, 11) is -1.73. The Hall–Kier alpha value is -3.94. The number of nitrogens with zero attached hydrogens (tertiary/aromatic N) is 4. The number of benzene rings is 2. The number of likely N-dealkylation sites (N-methyl/N-ethyl adjacent to an activating group) is 1. The molecule has 0 saturated carbocycles. The fraction of sp³-hybridized carbons (Fsp3) is 0.345. The molecule has 42 heavy (non-hydrogen) atoms. The largest absolute Gasteiger partial charge is 0.359 e. The number of para-hydroxylation sites is 1. The van der Waals surface area contributed by atoms with Gasteiger partial charge in [-0.25, -0.2) is 27.2 Å². The maximum atomic E-state index is 15.0. The van der Waals surface area contributed by atoms with Gasteiger partial charge in [0.05, 0.1) is 29.1 Å². The number of carbonyl (C=O) groups excluding carboxylic acids is 1. The van der Waals surface area contributed by atoms with Gasteiger partial charge in [0.15, 0.2) is 21.5 Å². The van der Waals surface area contributed by atoms with Crippen molar-refractivity contribution < 1.29 is 22.0 Å². The maximum Gasteiger partial charge on any atom is 0.241 e. The predicted molar refractivity (Wildman–Crippen MR) is 158 cm³/mol. The average Bonchev–Trinajstić information content (AvgIpc) is 3.37. The van der Waals surface area contributed by atoms with Crippen molar-refractivity contribution >= 4 is 44.0 Å². The van der Waals surface area contributed by atoms with Crippen molar-refractivity contribution in [1.82, 2.24) is 24.8 Å². The lowest BCUT2D eigenvalue weighted by Crippen LogP contribution is -2.57. The molecule has 0 spiro atoms. The Labute approximate surface area is 243 Å². The molecule has 222 valence electrons. The molecule has 1 fully saturated rings. The molecule has 0 bridgehead atoms. The molecule has 0 unspecified atom stereocenters. The Morgan fingerprint density at radius 2 is 1.90 bits per heavy atom. The topological polar surface area (TPSA) is 123 Å². The van der Waals surface area contributed by atoms with E-state index in [2.05, 4.69) is 49.4 Å². The number of aromatic amines is 1. The highest BCUT2D eigenvalue weighted by molar-refractivity contribution is 7.90. The van der Waals surface area contributed by atoms with Crippen LogP contribution in [0.15, 0.2) is 53.7 Å². The average molecular weight is 598 g/mol. The van der Waals surface area contributed by atoms with Crippen molar-refractivity contribution in [2.75, 3.05) is 43.6 Å². The molecule has 1 saturated heterocycles. The van der Waals surface area contributed by atoms with Crippen molar-refractivity contribution in [3.8, 4) is 11.3 Å². The summed E-state index contributed by atoms with van der Waals surface area (Å²) in [6.45, 7) is 6.69. The maximum absolute atomic E-state index is 15.0. The molecule has 5 rings (SSSR count). The third kappa shape index (κ3) is 5.85. The first-order valence-electron chi connectivity index (χ1n) is 13.6. The first-order chi connectivity index (χ1) is 20.0. The lowest BCUT2D eigenvalue weighted by Gasteiger charge is -2.42. The molecule has 10 nitrogen and oxygen atoms in total. The van der Waals surface area contributed by atoms with Crippen LogP contribution in [-0.4, -0.2) is 84.1 Å². The number of sulfone groups is 1. The molecule has 1 aliphatic rings. The fourth-order valence-corrected chi connectivity index (χ4v) is 6.25. The molecular weight excluding hydrogens is 564 g/mol. The van der Waals surface area contributed by atoms with Gasteiger partial charge in [0.2, 0.25) is 11.9 Å². The van der Waals surface area contributed by atoms with Crippen LogP contribution >= 0.6 is 0 Å². The molecule has 2 aromatic heterocycles. The van der Waals surface area contributed by atoms with Crippen molar-refractivity contribution in [3.63, 3.8) is 0 Å². The van der Waals surface area contributed by atoms with Crippen LogP contribution in [0.5, 0.6) is 0 Å². The van der Waals surface area contributed by atoms with Crippen LogP contribution < -0.4 is 10.6 Å². The summed E-state index contributed by atoms with van der Waals surface area (Å²) in [6, 6.07) is 9.13. The van der Waals surface area contributed by atoms with Gasteiger partial charge in [0, 0.05) is 49.1 Å². The number of halogens is 2. The second-order valence-corrected chi connectivity index (χ2v) is 12.6. The van der Waals surface area contributed by atoms with E-state index >= 15 is 4.39 Å². The van der Waals surface area contributed by atoms with E-state index in [1.54, 1.807) is 24.4 Å². The van der Waals surface area contributed by atoms with Gasteiger partial charge in [0.1, 0.15) is 10.6 Å². The molecule has 1 amide bonds. The number of piperazine rings is 1. The van der Waals surface area contributed by atoms with Crippen molar-refractivity contribution in [2.45, 2.75) is 37.2 Å². The van der Waals surface area contributed by atoms with E-state index in [0.717, 1.165) is 38.2 Å². The highest BCUT2D eigenvalue weighted by Crippen LogP contribution is 2.34. The number of rotatable bonds is 8. The van der Waals surface area contributed by atoms with E-state index in [1.165, 1.54) is 12.1 Å². The van der Waals surface area contributed by atoms with Gasteiger partial charge in [-0.3, -0.25) is 9.69 Å². The first kappa shape index (κ1) is 29.5. The summed E-state index contributed by atoms with van der Waals surface area (Å²) in [5, 5.41) is 6.32. The lowest BCUT2D eigenvalue weighted by atomic mass is 10.1. The Morgan fingerprint density at radius 1 is 1.17 bits per heavy atom. The molecule has 13 heteroatoms. The summed E-state index contributed by atoms with van der Waals surface area (Å²) < 4.78 is 53.7. The monoisotopic (exact) mass is 597 g/mol. The number of aromatic nitrogens is 3. The zero-order valence-corrected chi connectivity index (χ0v) is 24.6. The molecule has 0 radical (unpaired) electrons.